The Morgan fingerprint density at radius 2 is 1.80 bits per heavy atom. The number of carbonyl (C=O) groups excluding carboxylic acids is 1. The lowest BCUT2D eigenvalue weighted by molar-refractivity contribution is -0.122. The van der Waals surface area contributed by atoms with Gasteiger partial charge >= 0.3 is 0 Å². The highest BCUT2D eigenvalue weighted by atomic mass is 32.2. The van der Waals surface area contributed by atoms with Crippen LogP contribution in [-0.2, 0) is 21.2 Å². The molecule has 0 atom stereocenters. The normalized spacial score (nSPS) is 11.0. The van der Waals surface area contributed by atoms with Crippen LogP contribution in [0.2, 0.25) is 0 Å². The predicted octanol–water partition coefficient (Wildman–Crippen LogP) is 2.56. The second-order valence-electron chi connectivity index (χ2n) is 5.37. The van der Waals surface area contributed by atoms with Crippen LogP contribution in [0.15, 0.2) is 53.4 Å². The first-order chi connectivity index (χ1) is 11.9. The van der Waals surface area contributed by atoms with Gasteiger partial charge in [0.15, 0.2) is 6.61 Å². The molecule has 7 heteroatoms. The molecule has 6 nitrogen and oxygen atoms in total. The van der Waals surface area contributed by atoms with Crippen molar-refractivity contribution < 1.29 is 17.9 Å². The van der Waals surface area contributed by atoms with Gasteiger partial charge < -0.3 is 10.1 Å². The molecular formula is C18H22N2O4S. The number of ether oxygens (including phenoxy) is 1. The van der Waals surface area contributed by atoms with Crippen LogP contribution in [-0.4, -0.2) is 27.5 Å². The lowest BCUT2D eigenvalue weighted by atomic mass is 10.2. The fourth-order valence-electron chi connectivity index (χ4n) is 2.16. The lowest BCUT2D eigenvalue weighted by Gasteiger charge is -2.11. The van der Waals surface area contributed by atoms with Crippen molar-refractivity contribution in [2.75, 3.05) is 17.9 Å². The molecule has 1 amide bonds. The van der Waals surface area contributed by atoms with Gasteiger partial charge in [0, 0.05) is 12.6 Å². The molecule has 0 heterocycles. The number of sulfonamides is 1. The van der Waals surface area contributed by atoms with Crippen LogP contribution in [0.1, 0.15) is 19.4 Å². The van der Waals surface area contributed by atoms with E-state index in [1.807, 2.05) is 13.8 Å². The zero-order valence-corrected chi connectivity index (χ0v) is 15.1. The zero-order chi connectivity index (χ0) is 18.3. The molecular weight excluding hydrogens is 340 g/mol. The van der Waals surface area contributed by atoms with Crippen LogP contribution in [0.3, 0.4) is 0 Å². The summed E-state index contributed by atoms with van der Waals surface area (Å²) >= 11 is 0. The van der Waals surface area contributed by atoms with E-state index in [2.05, 4.69) is 10.0 Å². The summed E-state index contributed by atoms with van der Waals surface area (Å²) in [6, 6.07) is 13.2. The number of aryl methyl sites for hydroxylation is 1. The summed E-state index contributed by atoms with van der Waals surface area (Å²) in [5.74, 6) is 0.178. The van der Waals surface area contributed by atoms with Gasteiger partial charge in [0.2, 0.25) is 0 Å². The first-order valence-corrected chi connectivity index (χ1v) is 9.54. The third-order valence-electron chi connectivity index (χ3n) is 3.47. The molecule has 0 saturated heterocycles. The first-order valence-electron chi connectivity index (χ1n) is 8.06. The van der Waals surface area contributed by atoms with Crippen molar-refractivity contribution in [2.24, 2.45) is 0 Å². The molecule has 0 bridgehead atoms. The smallest absolute Gasteiger partial charge is 0.261 e. The molecule has 0 aliphatic carbocycles. The summed E-state index contributed by atoms with van der Waals surface area (Å²) in [6.45, 7) is 4.23. The highest BCUT2D eigenvalue weighted by molar-refractivity contribution is 7.92. The molecule has 0 unspecified atom stereocenters. The Balaban J connectivity index is 2.08. The Bertz CT molecular complexity index is 817. The minimum absolute atomic E-state index is 0.122. The quantitative estimate of drug-likeness (QED) is 0.756. The van der Waals surface area contributed by atoms with E-state index >= 15 is 0 Å². The molecule has 2 aromatic carbocycles. The van der Waals surface area contributed by atoms with E-state index in [9.17, 15) is 13.2 Å². The Kier molecular flexibility index (Phi) is 6.41. The molecule has 0 fully saturated rings. The van der Waals surface area contributed by atoms with Gasteiger partial charge in [-0.2, -0.15) is 0 Å². The Morgan fingerprint density at radius 1 is 1.08 bits per heavy atom. The summed E-state index contributed by atoms with van der Waals surface area (Å²) in [4.78, 5) is 11.6. The molecule has 2 aromatic rings. The number of nitrogens with one attached hydrogen (secondary N) is 2. The van der Waals surface area contributed by atoms with Crippen molar-refractivity contribution >= 4 is 21.6 Å². The van der Waals surface area contributed by atoms with Gasteiger partial charge in [-0.15, -0.1) is 0 Å². The van der Waals surface area contributed by atoms with Crippen LogP contribution in [0.4, 0.5) is 5.69 Å². The van der Waals surface area contributed by atoms with Gasteiger partial charge in [-0.3, -0.25) is 9.52 Å². The molecule has 0 saturated carbocycles. The summed E-state index contributed by atoms with van der Waals surface area (Å²) in [7, 11) is -3.68. The molecule has 0 aromatic heterocycles. The van der Waals surface area contributed by atoms with E-state index < -0.39 is 10.0 Å². The second-order valence-corrected chi connectivity index (χ2v) is 7.06. The Morgan fingerprint density at radius 3 is 2.44 bits per heavy atom. The Labute approximate surface area is 148 Å². The van der Waals surface area contributed by atoms with Gasteiger partial charge in [0.05, 0.1) is 10.6 Å². The molecule has 25 heavy (non-hydrogen) atoms. The van der Waals surface area contributed by atoms with Crippen molar-refractivity contribution in [3.63, 3.8) is 0 Å². The highest BCUT2D eigenvalue weighted by Gasteiger charge is 2.14. The van der Waals surface area contributed by atoms with Crippen molar-refractivity contribution in [2.45, 2.75) is 25.2 Å². The number of hydrogen-bond donors (Lipinski definition) is 2. The van der Waals surface area contributed by atoms with Crippen LogP contribution in [0.5, 0.6) is 5.75 Å². The van der Waals surface area contributed by atoms with E-state index in [1.54, 1.807) is 42.5 Å². The molecule has 0 aliphatic heterocycles. The summed E-state index contributed by atoms with van der Waals surface area (Å²) in [6.07, 6.45) is 0.846. The number of likely N-dealkylation sites (N-methyl/N-ethyl adjacent to an activating group) is 1. The number of carbonyl (C=O) groups is 1. The minimum Gasteiger partial charge on any atom is -0.484 e. The molecule has 0 radical (unpaired) electrons. The van der Waals surface area contributed by atoms with Gasteiger partial charge in [-0.25, -0.2) is 8.42 Å². The number of benzene rings is 2. The molecule has 0 spiro atoms. The maximum Gasteiger partial charge on any atom is 0.261 e. The average Bonchev–Trinajstić information content (AvgIpc) is 2.60. The summed E-state index contributed by atoms with van der Waals surface area (Å²) in [5, 5.41) is 2.62. The average molecular weight is 362 g/mol. The number of hydrogen-bond acceptors (Lipinski definition) is 4. The van der Waals surface area contributed by atoms with Gasteiger partial charge in [0.25, 0.3) is 15.9 Å². The number of rotatable bonds is 8. The molecule has 0 aliphatic rings. The topological polar surface area (TPSA) is 84.5 Å². The van der Waals surface area contributed by atoms with E-state index in [4.69, 9.17) is 4.74 Å². The van der Waals surface area contributed by atoms with Crippen molar-refractivity contribution in [1.29, 1.82) is 0 Å². The van der Waals surface area contributed by atoms with Gasteiger partial charge in [-0.1, -0.05) is 25.1 Å². The summed E-state index contributed by atoms with van der Waals surface area (Å²) < 4.78 is 32.8. The maximum atomic E-state index is 12.4. The molecule has 2 N–H and O–H groups in total. The van der Waals surface area contributed by atoms with Gasteiger partial charge in [-0.05, 0) is 43.2 Å². The van der Waals surface area contributed by atoms with Crippen LogP contribution in [0.25, 0.3) is 0 Å². The van der Waals surface area contributed by atoms with Crippen molar-refractivity contribution in [3.8, 4) is 5.75 Å². The van der Waals surface area contributed by atoms with Crippen LogP contribution < -0.4 is 14.8 Å². The first kappa shape index (κ1) is 18.8. The minimum atomic E-state index is -3.68. The Hall–Kier alpha value is -2.54. The monoisotopic (exact) mass is 362 g/mol. The maximum absolute atomic E-state index is 12.4. The molecule has 134 valence electrons. The standard InChI is InChI=1S/C18H22N2O4S/c1-3-14-8-10-17(11-9-14)25(22,23)20-15-6-5-7-16(12-15)24-13-18(21)19-4-2/h5-12,20H,3-4,13H2,1-2H3,(H,19,21). The predicted molar refractivity (Wildman–Crippen MR) is 97.2 cm³/mol. The SMILES string of the molecule is CCNC(=O)COc1cccc(NS(=O)(=O)c2ccc(CC)cc2)c1. The van der Waals surface area contributed by atoms with Gasteiger partial charge in [0.1, 0.15) is 5.75 Å². The highest BCUT2D eigenvalue weighted by Crippen LogP contribution is 2.21. The van der Waals surface area contributed by atoms with E-state index in [0.717, 1.165) is 12.0 Å². The van der Waals surface area contributed by atoms with E-state index in [0.29, 0.717) is 18.0 Å². The fourth-order valence-corrected chi connectivity index (χ4v) is 3.21. The van der Waals surface area contributed by atoms with E-state index in [-0.39, 0.29) is 17.4 Å². The second kappa shape index (κ2) is 8.53. The number of anilines is 1. The third kappa shape index (κ3) is 5.49. The largest absolute Gasteiger partial charge is 0.484 e. The number of amides is 1. The fraction of sp³-hybridized carbons (Fsp3) is 0.278. The zero-order valence-electron chi connectivity index (χ0n) is 14.3. The van der Waals surface area contributed by atoms with Crippen LogP contribution >= 0.6 is 0 Å². The van der Waals surface area contributed by atoms with Crippen molar-refractivity contribution in [3.05, 3.63) is 54.1 Å². The molecule has 2 rings (SSSR count). The lowest BCUT2D eigenvalue weighted by Crippen LogP contribution is -2.28. The van der Waals surface area contributed by atoms with Crippen LogP contribution in [0, 0.1) is 0 Å². The third-order valence-corrected chi connectivity index (χ3v) is 4.87. The summed E-state index contributed by atoms with van der Waals surface area (Å²) in [5.41, 5.74) is 1.44. The van der Waals surface area contributed by atoms with Crippen molar-refractivity contribution in [1.82, 2.24) is 5.32 Å². The van der Waals surface area contributed by atoms with E-state index in [1.165, 1.54) is 6.07 Å².